The van der Waals surface area contributed by atoms with E-state index in [2.05, 4.69) is 10.1 Å². The molecule has 4 nitrogen and oxygen atoms in total. The number of methoxy groups -OCH3 is 1. The second-order valence-corrected chi connectivity index (χ2v) is 3.94. The minimum Gasteiger partial charge on any atom is -0.491 e. The molecule has 1 rings (SSSR count). The Kier molecular flexibility index (Phi) is 5.33. The summed E-state index contributed by atoms with van der Waals surface area (Å²) >= 11 is 0. The number of anilines is 1. The third-order valence-electron chi connectivity index (χ3n) is 2.11. The average molecular weight is 237 g/mol. The van der Waals surface area contributed by atoms with Gasteiger partial charge in [-0.2, -0.15) is 0 Å². The number of carbonyl (C=O) groups is 1. The zero-order valence-electron chi connectivity index (χ0n) is 10.5. The summed E-state index contributed by atoms with van der Waals surface area (Å²) < 4.78 is 10.1. The fourth-order valence-electron chi connectivity index (χ4n) is 1.33. The highest BCUT2D eigenvalue weighted by molar-refractivity contribution is 5.69. The Labute approximate surface area is 102 Å². The van der Waals surface area contributed by atoms with Crippen LogP contribution >= 0.6 is 0 Å². The summed E-state index contributed by atoms with van der Waals surface area (Å²) in [5, 5.41) is 3.13. The number of esters is 1. The molecule has 1 aromatic carbocycles. The SMILES string of the molecule is COC(=O)CCNc1ccc(OC(C)C)cc1. The molecule has 0 aliphatic rings. The van der Waals surface area contributed by atoms with Crippen LogP contribution in [0.1, 0.15) is 20.3 Å². The van der Waals surface area contributed by atoms with Gasteiger partial charge in [0.2, 0.25) is 0 Å². The van der Waals surface area contributed by atoms with Crippen molar-refractivity contribution in [2.24, 2.45) is 0 Å². The van der Waals surface area contributed by atoms with Crippen LogP contribution in [0.4, 0.5) is 5.69 Å². The van der Waals surface area contributed by atoms with E-state index in [-0.39, 0.29) is 12.1 Å². The highest BCUT2D eigenvalue weighted by Gasteiger charge is 2.00. The molecule has 0 fully saturated rings. The zero-order valence-corrected chi connectivity index (χ0v) is 10.5. The Morgan fingerprint density at radius 3 is 2.47 bits per heavy atom. The van der Waals surface area contributed by atoms with Gasteiger partial charge in [-0.25, -0.2) is 0 Å². The van der Waals surface area contributed by atoms with E-state index in [1.54, 1.807) is 0 Å². The van der Waals surface area contributed by atoms with Crippen LogP contribution < -0.4 is 10.1 Å². The smallest absolute Gasteiger partial charge is 0.307 e. The van der Waals surface area contributed by atoms with Crippen LogP contribution in [-0.2, 0) is 9.53 Å². The van der Waals surface area contributed by atoms with E-state index in [1.165, 1.54) is 7.11 Å². The fourth-order valence-corrected chi connectivity index (χ4v) is 1.33. The molecule has 0 saturated heterocycles. The van der Waals surface area contributed by atoms with Gasteiger partial charge >= 0.3 is 5.97 Å². The normalized spacial score (nSPS) is 10.1. The number of hydrogen-bond donors (Lipinski definition) is 1. The molecule has 4 heteroatoms. The third-order valence-corrected chi connectivity index (χ3v) is 2.11. The van der Waals surface area contributed by atoms with Gasteiger partial charge in [0.15, 0.2) is 0 Å². The molecule has 1 aromatic rings. The molecule has 0 unspecified atom stereocenters. The monoisotopic (exact) mass is 237 g/mol. The van der Waals surface area contributed by atoms with Crippen LogP contribution in [0.25, 0.3) is 0 Å². The summed E-state index contributed by atoms with van der Waals surface area (Å²) in [6.45, 7) is 4.54. The van der Waals surface area contributed by atoms with Gasteiger partial charge in [0.25, 0.3) is 0 Å². The van der Waals surface area contributed by atoms with Crippen molar-refractivity contribution in [2.75, 3.05) is 19.0 Å². The van der Waals surface area contributed by atoms with Crippen LogP contribution in [0.15, 0.2) is 24.3 Å². The van der Waals surface area contributed by atoms with Gasteiger partial charge < -0.3 is 14.8 Å². The van der Waals surface area contributed by atoms with Crippen LogP contribution in [0.3, 0.4) is 0 Å². The first-order valence-electron chi connectivity index (χ1n) is 5.69. The zero-order chi connectivity index (χ0) is 12.7. The number of rotatable bonds is 6. The number of carbonyl (C=O) groups excluding carboxylic acids is 1. The molecule has 1 N–H and O–H groups in total. The first-order chi connectivity index (χ1) is 8.11. The lowest BCUT2D eigenvalue weighted by Gasteiger charge is -2.10. The highest BCUT2D eigenvalue weighted by atomic mass is 16.5. The van der Waals surface area contributed by atoms with Crippen LogP contribution in [0, 0.1) is 0 Å². The predicted octanol–water partition coefficient (Wildman–Crippen LogP) is 2.45. The maximum Gasteiger partial charge on any atom is 0.307 e. The molecular formula is C13H19NO3. The Morgan fingerprint density at radius 1 is 1.29 bits per heavy atom. The van der Waals surface area contributed by atoms with Gasteiger partial charge in [-0.15, -0.1) is 0 Å². The lowest BCUT2D eigenvalue weighted by molar-refractivity contribution is -0.140. The van der Waals surface area contributed by atoms with Crippen molar-refractivity contribution in [2.45, 2.75) is 26.4 Å². The number of hydrogen-bond acceptors (Lipinski definition) is 4. The predicted molar refractivity (Wildman–Crippen MR) is 67.3 cm³/mol. The maximum absolute atomic E-state index is 10.9. The molecule has 0 atom stereocenters. The molecule has 0 spiro atoms. The van der Waals surface area contributed by atoms with E-state index in [0.29, 0.717) is 13.0 Å². The van der Waals surface area contributed by atoms with Crippen LogP contribution in [0.5, 0.6) is 5.75 Å². The quantitative estimate of drug-likeness (QED) is 0.772. The van der Waals surface area contributed by atoms with Crippen molar-refractivity contribution < 1.29 is 14.3 Å². The van der Waals surface area contributed by atoms with E-state index in [0.717, 1.165) is 11.4 Å². The molecule has 17 heavy (non-hydrogen) atoms. The van der Waals surface area contributed by atoms with Gasteiger partial charge in [-0.3, -0.25) is 4.79 Å². The Hall–Kier alpha value is -1.71. The number of benzene rings is 1. The Bertz CT molecular complexity index is 346. The molecule has 0 aliphatic heterocycles. The van der Waals surface area contributed by atoms with E-state index in [1.807, 2.05) is 38.1 Å². The molecule has 0 bridgehead atoms. The second-order valence-electron chi connectivity index (χ2n) is 3.94. The standard InChI is InChI=1S/C13H19NO3/c1-10(2)17-12-6-4-11(5-7-12)14-9-8-13(15)16-3/h4-7,10,14H,8-9H2,1-3H3. The highest BCUT2D eigenvalue weighted by Crippen LogP contribution is 2.16. The maximum atomic E-state index is 10.9. The lowest BCUT2D eigenvalue weighted by Crippen LogP contribution is -2.09. The van der Waals surface area contributed by atoms with Crippen molar-refractivity contribution in [1.82, 2.24) is 0 Å². The van der Waals surface area contributed by atoms with Crippen molar-refractivity contribution in [1.29, 1.82) is 0 Å². The molecule has 0 heterocycles. The van der Waals surface area contributed by atoms with Gasteiger partial charge in [0, 0.05) is 12.2 Å². The van der Waals surface area contributed by atoms with Gasteiger partial charge in [0.05, 0.1) is 19.6 Å². The van der Waals surface area contributed by atoms with Crippen LogP contribution in [-0.4, -0.2) is 25.7 Å². The first-order valence-corrected chi connectivity index (χ1v) is 5.69. The second kappa shape index (κ2) is 6.78. The summed E-state index contributed by atoms with van der Waals surface area (Å²) in [7, 11) is 1.39. The Balaban J connectivity index is 2.37. The number of nitrogens with one attached hydrogen (secondary N) is 1. The van der Waals surface area contributed by atoms with E-state index < -0.39 is 0 Å². The summed E-state index contributed by atoms with van der Waals surface area (Å²) in [5.41, 5.74) is 0.963. The van der Waals surface area contributed by atoms with E-state index in [9.17, 15) is 4.79 Å². The van der Waals surface area contributed by atoms with E-state index >= 15 is 0 Å². The minimum atomic E-state index is -0.211. The number of ether oxygens (including phenoxy) is 2. The summed E-state index contributed by atoms with van der Waals surface area (Å²) in [4.78, 5) is 10.9. The van der Waals surface area contributed by atoms with Crippen molar-refractivity contribution in [3.63, 3.8) is 0 Å². The van der Waals surface area contributed by atoms with Crippen LogP contribution in [0.2, 0.25) is 0 Å². The third kappa shape index (κ3) is 5.24. The average Bonchev–Trinajstić information content (AvgIpc) is 2.30. The van der Waals surface area contributed by atoms with E-state index in [4.69, 9.17) is 4.74 Å². The topological polar surface area (TPSA) is 47.6 Å². The van der Waals surface area contributed by atoms with Gasteiger partial charge in [0.1, 0.15) is 5.75 Å². The lowest BCUT2D eigenvalue weighted by atomic mass is 10.3. The molecule has 0 radical (unpaired) electrons. The largest absolute Gasteiger partial charge is 0.491 e. The Morgan fingerprint density at radius 2 is 1.94 bits per heavy atom. The van der Waals surface area contributed by atoms with Crippen molar-refractivity contribution >= 4 is 11.7 Å². The minimum absolute atomic E-state index is 0.174. The molecule has 0 aromatic heterocycles. The summed E-state index contributed by atoms with van der Waals surface area (Å²) in [6.07, 6.45) is 0.536. The molecule has 94 valence electrons. The van der Waals surface area contributed by atoms with Crippen molar-refractivity contribution in [3.8, 4) is 5.75 Å². The first kappa shape index (κ1) is 13.4. The fraction of sp³-hybridized carbons (Fsp3) is 0.462. The summed E-state index contributed by atoms with van der Waals surface area (Å²) in [6, 6.07) is 7.66. The molecule has 0 aliphatic carbocycles. The van der Waals surface area contributed by atoms with Gasteiger partial charge in [-0.1, -0.05) is 0 Å². The summed E-state index contributed by atoms with van der Waals surface area (Å²) in [5.74, 6) is 0.635. The molecule has 0 amide bonds. The molecule has 0 saturated carbocycles. The van der Waals surface area contributed by atoms with Gasteiger partial charge in [-0.05, 0) is 38.1 Å². The van der Waals surface area contributed by atoms with Crippen molar-refractivity contribution in [3.05, 3.63) is 24.3 Å². The molecular weight excluding hydrogens is 218 g/mol.